The predicted octanol–water partition coefficient (Wildman–Crippen LogP) is 1.94. The second kappa shape index (κ2) is 6.75. The Labute approximate surface area is 127 Å². The van der Waals surface area contributed by atoms with Crippen molar-refractivity contribution in [2.45, 2.75) is 20.8 Å². The molecule has 0 atom stereocenters. The molecule has 7 nitrogen and oxygen atoms in total. The van der Waals surface area contributed by atoms with Crippen LogP contribution in [0.15, 0.2) is 28.1 Å². The van der Waals surface area contributed by atoms with Gasteiger partial charge in [0, 0.05) is 11.3 Å². The first-order valence-corrected chi connectivity index (χ1v) is 6.83. The molecule has 0 spiro atoms. The molecule has 0 aliphatic rings. The van der Waals surface area contributed by atoms with Crippen molar-refractivity contribution in [3.8, 4) is 11.5 Å². The Morgan fingerprint density at radius 3 is 2.91 bits per heavy atom. The molecule has 22 heavy (non-hydrogen) atoms. The lowest BCUT2D eigenvalue weighted by Gasteiger charge is -2.06. The summed E-state index contributed by atoms with van der Waals surface area (Å²) in [6.45, 7) is 5.76. The highest BCUT2D eigenvalue weighted by molar-refractivity contribution is 5.81. The van der Waals surface area contributed by atoms with Gasteiger partial charge in [-0.05, 0) is 44.5 Å². The van der Waals surface area contributed by atoms with Crippen LogP contribution in [0.25, 0.3) is 0 Å². The number of anilines is 1. The maximum absolute atomic E-state index is 11.6. The molecule has 116 valence electrons. The van der Waals surface area contributed by atoms with Crippen molar-refractivity contribution in [1.82, 2.24) is 9.97 Å². The molecule has 0 radical (unpaired) electrons. The second-order valence-electron chi connectivity index (χ2n) is 4.66. The van der Waals surface area contributed by atoms with E-state index in [4.69, 9.17) is 4.74 Å². The number of hydrogen-bond acceptors (Lipinski definition) is 6. The van der Waals surface area contributed by atoms with Gasteiger partial charge in [0.15, 0.2) is 11.5 Å². The fraction of sp³-hybridized carbons (Fsp3) is 0.267. The summed E-state index contributed by atoms with van der Waals surface area (Å²) in [5.74, 6) is 0.740. The van der Waals surface area contributed by atoms with Crippen molar-refractivity contribution in [3.05, 3.63) is 45.4 Å². The van der Waals surface area contributed by atoms with Crippen LogP contribution in [-0.2, 0) is 0 Å². The SMILES string of the molecule is CCOc1cc(/C=N\Nc2nc(C)c(C)c(=O)[nH]2)ccc1O. The molecule has 0 unspecified atom stereocenters. The molecule has 0 aliphatic carbocycles. The van der Waals surface area contributed by atoms with Crippen molar-refractivity contribution < 1.29 is 9.84 Å². The van der Waals surface area contributed by atoms with Gasteiger partial charge < -0.3 is 9.84 Å². The third kappa shape index (κ3) is 3.63. The smallest absolute Gasteiger partial charge is 0.255 e. The van der Waals surface area contributed by atoms with Gasteiger partial charge in [-0.3, -0.25) is 9.78 Å². The Balaban J connectivity index is 2.13. The zero-order valence-electron chi connectivity index (χ0n) is 12.7. The van der Waals surface area contributed by atoms with Gasteiger partial charge in [0.1, 0.15) is 0 Å². The van der Waals surface area contributed by atoms with Crippen LogP contribution in [0, 0.1) is 13.8 Å². The summed E-state index contributed by atoms with van der Waals surface area (Å²) < 4.78 is 5.29. The lowest BCUT2D eigenvalue weighted by Crippen LogP contribution is -2.15. The number of nitrogens with zero attached hydrogens (tertiary/aromatic N) is 2. The highest BCUT2D eigenvalue weighted by atomic mass is 16.5. The number of aromatic hydroxyl groups is 1. The molecule has 1 aromatic carbocycles. The third-order valence-corrected chi connectivity index (χ3v) is 3.06. The molecule has 0 saturated carbocycles. The van der Waals surface area contributed by atoms with E-state index in [9.17, 15) is 9.90 Å². The first kappa shape index (κ1) is 15.6. The van der Waals surface area contributed by atoms with Gasteiger partial charge in [0.2, 0.25) is 5.95 Å². The van der Waals surface area contributed by atoms with Crippen LogP contribution >= 0.6 is 0 Å². The van der Waals surface area contributed by atoms with E-state index >= 15 is 0 Å². The third-order valence-electron chi connectivity index (χ3n) is 3.06. The summed E-state index contributed by atoms with van der Waals surface area (Å²) in [5, 5.41) is 13.6. The summed E-state index contributed by atoms with van der Waals surface area (Å²) >= 11 is 0. The first-order valence-electron chi connectivity index (χ1n) is 6.83. The monoisotopic (exact) mass is 302 g/mol. The maximum Gasteiger partial charge on any atom is 0.255 e. The number of benzene rings is 1. The highest BCUT2D eigenvalue weighted by Crippen LogP contribution is 2.26. The number of nitrogens with one attached hydrogen (secondary N) is 2. The standard InChI is InChI=1S/C15H18N4O3/c1-4-22-13-7-11(5-6-12(13)20)8-16-19-15-17-10(3)9(2)14(21)18-15/h5-8,20H,4H2,1-3H3,(H2,17,18,19,21)/b16-8-. The van der Waals surface area contributed by atoms with Crippen molar-refractivity contribution in [2.24, 2.45) is 5.10 Å². The predicted molar refractivity (Wildman–Crippen MR) is 84.8 cm³/mol. The van der Waals surface area contributed by atoms with E-state index in [-0.39, 0.29) is 17.3 Å². The lowest BCUT2D eigenvalue weighted by molar-refractivity contribution is 0.318. The maximum atomic E-state index is 11.6. The van der Waals surface area contributed by atoms with Gasteiger partial charge in [-0.2, -0.15) is 5.10 Å². The number of aryl methyl sites for hydroxylation is 1. The Hall–Kier alpha value is -2.83. The van der Waals surface area contributed by atoms with Crippen LogP contribution in [-0.4, -0.2) is 27.9 Å². The number of aromatic amines is 1. The highest BCUT2D eigenvalue weighted by Gasteiger charge is 2.03. The Bertz CT molecular complexity index is 753. The summed E-state index contributed by atoms with van der Waals surface area (Å²) in [6.07, 6.45) is 1.54. The molecule has 0 saturated heterocycles. The molecule has 0 fully saturated rings. The molecule has 3 N–H and O–H groups in total. The van der Waals surface area contributed by atoms with Gasteiger partial charge >= 0.3 is 0 Å². The van der Waals surface area contributed by atoms with Gasteiger partial charge in [-0.25, -0.2) is 10.4 Å². The topological polar surface area (TPSA) is 99.6 Å². The fourth-order valence-electron chi connectivity index (χ4n) is 1.75. The summed E-state index contributed by atoms with van der Waals surface area (Å²) in [5.41, 5.74) is 4.42. The summed E-state index contributed by atoms with van der Waals surface area (Å²) in [6, 6.07) is 4.89. The van der Waals surface area contributed by atoms with E-state index in [0.29, 0.717) is 23.6 Å². The van der Waals surface area contributed by atoms with E-state index < -0.39 is 0 Å². The molecule has 1 heterocycles. The molecule has 0 amide bonds. The zero-order chi connectivity index (χ0) is 16.1. The van der Waals surface area contributed by atoms with E-state index in [0.717, 1.165) is 5.56 Å². The van der Waals surface area contributed by atoms with E-state index in [1.165, 1.54) is 12.3 Å². The van der Waals surface area contributed by atoms with Crippen LogP contribution in [0.1, 0.15) is 23.7 Å². The number of ether oxygens (including phenoxy) is 1. The quantitative estimate of drug-likeness (QED) is 0.579. The number of hydrazone groups is 1. The fourth-order valence-corrected chi connectivity index (χ4v) is 1.75. The van der Waals surface area contributed by atoms with E-state index in [1.807, 2.05) is 6.92 Å². The molecular weight excluding hydrogens is 284 g/mol. The number of H-pyrrole nitrogens is 1. The van der Waals surface area contributed by atoms with Crippen molar-refractivity contribution >= 4 is 12.2 Å². The minimum Gasteiger partial charge on any atom is -0.504 e. The number of hydrogen-bond donors (Lipinski definition) is 3. The van der Waals surface area contributed by atoms with Crippen LogP contribution in [0.3, 0.4) is 0 Å². The van der Waals surface area contributed by atoms with E-state index in [2.05, 4.69) is 20.5 Å². The van der Waals surface area contributed by atoms with Gasteiger partial charge in [0.05, 0.1) is 12.8 Å². The Morgan fingerprint density at radius 1 is 1.45 bits per heavy atom. The molecule has 0 aliphatic heterocycles. The van der Waals surface area contributed by atoms with Crippen molar-refractivity contribution in [2.75, 3.05) is 12.0 Å². The molecule has 7 heteroatoms. The van der Waals surface area contributed by atoms with Crippen LogP contribution in [0.2, 0.25) is 0 Å². The number of aromatic nitrogens is 2. The van der Waals surface area contributed by atoms with Gasteiger partial charge in [-0.15, -0.1) is 0 Å². The molecular formula is C15H18N4O3. The van der Waals surface area contributed by atoms with Gasteiger partial charge in [-0.1, -0.05) is 0 Å². The normalized spacial score (nSPS) is 10.9. The van der Waals surface area contributed by atoms with Crippen molar-refractivity contribution in [3.63, 3.8) is 0 Å². The average Bonchev–Trinajstić information content (AvgIpc) is 2.48. The Morgan fingerprint density at radius 2 is 2.23 bits per heavy atom. The van der Waals surface area contributed by atoms with Crippen LogP contribution in [0.5, 0.6) is 11.5 Å². The average molecular weight is 302 g/mol. The minimum absolute atomic E-state index is 0.0760. The summed E-state index contributed by atoms with van der Waals surface area (Å²) in [7, 11) is 0. The zero-order valence-corrected chi connectivity index (χ0v) is 12.7. The lowest BCUT2D eigenvalue weighted by atomic mass is 10.2. The van der Waals surface area contributed by atoms with Crippen LogP contribution < -0.4 is 15.7 Å². The molecule has 2 aromatic rings. The second-order valence-corrected chi connectivity index (χ2v) is 4.66. The minimum atomic E-state index is -0.200. The number of rotatable bonds is 5. The van der Waals surface area contributed by atoms with Crippen LogP contribution in [0.4, 0.5) is 5.95 Å². The summed E-state index contributed by atoms with van der Waals surface area (Å²) in [4.78, 5) is 18.4. The molecule has 0 bridgehead atoms. The number of phenolic OH excluding ortho intramolecular Hbond substituents is 1. The van der Waals surface area contributed by atoms with Crippen molar-refractivity contribution in [1.29, 1.82) is 0 Å². The molecule has 1 aromatic heterocycles. The largest absolute Gasteiger partial charge is 0.504 e. The van der Waals surface area contributed by atoms with Gasteiger partial charge in [0.25, 0.3) is 5.56 Å². The number of phenols is 1. The van der Waals surface area contributed by atoms with E-state index in [1.54, 1.807) is 26.0 Å². The molecule has 2 rings (SSSR count). The Kier molecular flexibility index (Phi) is 4.77. The first-order chi connectivity index (χ1) is 10.5.